The molecule has 1 N–H and O–H groups in total. The molecule has 1 atom stereocenters. The number of benzene rings is 2. The van der Waals surface area contributed by atoms with Crippen LogP contribution in [0.1, 0.15) is 34.6 Å². The first kappa shape index (κ1) is 30.0. The zero-order chi connectivity index (χ0) is 26.7. The minimum atomic E-state index is -1.48. The van der Waals surface area contributed by atoms with Crippen LogP contribution in [-0.4, -0.2) is 52.0 Å². The lowest BCUT2D eigenvalue weighted by atomic mass is 10.2. The molecule has 3 aromatic rings. The first-order chi connectivity index (χ1) is 17.1. The minimum absolute atomic E-state index is 0.271. The normalized spacial score (nSPS) is 11.9. The molecule has 10 heteroatoms. The van der Waals surface area contributed by atoms with Crippen molar-refractivity contribution in [2.45, 2.75) is 45.1 Å². The van der Waals surface area contributed by atoms with E-state index in [9.17, 15) is 9.00 Å². The van der Waals surface area contributed by atoms with Gasteiger partial charge < -0.3 is 14.4 Å². The highest BCUT2D eigenvalue weighted by atomic mass is 79.9. The van der Waals surface area contributed by atoms with Gasteiger partial charge in [-0.1, -0.05) is 41.4 Å². The molecule has 3 rings (SSSR count). The van der Waals surface area contributed by atoms with Crippen LogP contribution in [0.15, 0.2) is 64.2 Å². The number of pyridine rings is 1. The van der Waals surface area contributed by atoms with Crippen LogP contribution in [0.25, 0.3) is 10.8 Å². The lowest BCUT2D eigenvalue weighted by Crippen LogP contribution is -2.42. The summed E-state index contributed by atoms with van der Waals surface area (Å²) in [5.74, 6) is 0.656. The Hall–Kier alpha value is -2.20. The van der Waals surface area contributed by atoms with Crippen LogP contribution in [0.4, 0.5) is 4.79 Å². The maximum Gasteiger partial charge on any atom is 0.410 e. The second-order valence-corrected chi connectivity index (χ2v) is 11.1. The lowest BCUT2D eigenvalue weighted by Gasteiger charge is -2.27. The van der Waals surface area contributed by atoms with Crippen LogP contribution in [0.2, 0.25) is 5.02 Å². The average molecular weight is 599 g/mol. The van der Waals surface area contributed by atoms with Crippen LogP contribution in [-0.2, 0) is 15.7 Å². The van der Waals surface area contributed by atoms with E-state index in [0.29, 0.717) is 28.8 Å². The Morgan fingerprint density at radius 3 is 2.50 bits per heavy atom. The number of ether oxygens (including phenoxy) is 2. The number of amides is 1. The summed E-state index contributed by atoms with van der Waals surface area (Å²) in [6, 6.07) is 12.6. The lowest BCUT2D eigenvalue weighted by molar-refractivity contribution is 0.0231. The van der Waals surface area contributed by atoms with Crippen LogP contribution in [0.5, 0.6) is 5.75 Å². The third-order valence-corrected chi connectivity index (χ3v) is 6.50. The highest BCUT2D eigenvalue weighted by molar-refractivity contribution is 9.10. The molecule has 196 valence electrons. The quantitative estimate of drug-likeness (QED) is 0.300. The highest BCUT2D eigenvalue weighted by Gasteiger charge is 2.22. The fourth-order valence-corrected chi connectivity index (χ4v) is 4.87. The number of halogens is 2. The van der Waals surface area contributed by atoms with E-state index in [1.165, 1.54) is 4.90 Å². The number of aromatic nitrogens is 1. The standard InChI is InChI=1S/C24H27BrClN3O4S.C2H6/c1-24(2,3)33-23(30)29(12-13-32-20-6-4-19(26)5-7-20)11-10-28-34(31)22-15-18(25)14-17-16-27-9-8-21(17)22;1-2/h4-9,14-16,28H,10-13H2,1-3H3;1-2H3. The second kappa shape index (κ2) is 14.5. The molecule has 0 aliphatic carbocycles. The van der Waals surface area contributed by atoms with Gasteiger partial charge >= 0.3 is 6.09 Å². The summed E-state index contributed by atoms with van der Waals surface area (Å²) in [5.41, 5.74) is -0.633. The number of hydrogen-bond acceptors (Lipinski definition) is 5. The molecule has 0 spiro atoms. The van der Waals surface area contributed by atoms with Crippen molar-refractivity contribution < 1.29 is 18.5 Å². The Bertz CT molecular complexity index is 1160. The molecule has 36 heavy (non-hydrogen) atoms. The van der Waals surface area contributed by atoms with Gasteiger partial charge in [-0.2, -0.15) is 0 Å². The van der Waals surface area contributed by atoms with Crippen molar-refractivity contribution in [2.75, 3.05) is 26.2 Å². The van der Waals surface area contributed by atoms with Crippen molar-refractivity contribution in [1.29, 1.82) is 0 Å². The Morgan fingerprint density at radius 2 is 1.83 bits per heavy atom. The van der Waals surface area contributed by atoms with Gasteiger partial charge in [0.2, 0.25) is 0 Å². The smallest absolute Gasteiger partial charge is 0.410 e. The van der Waals surface area contributed by atoms with Crippen LogP contribution in [0.3, 0.4) is 0 Å². The molecule has 1 aromatic heterocycles. The number of rotatable bonds is 9. The van der Waals surface area contributed by atoms with E-state index in [2.05, 4.69) is 25.6 Å². The third-order valence-electron chi connectivity index (χ3n) is 4.59. The molecular formula is C26H33BrClN3O4S. The van der Waals surface area contributed by atoms with Crippen molar-refractivity contribution in [3.63, 3.8) is 0 Å². The Kier molecular flexibility index (Phi) is 12.1. The first-order valence-electron chi connectivity index (χ1n) is 11.7. The number of nitrogens with one attached hydrogen (secondary N) is 1. The van der Waals surface area contributed by atoms with Crippen molar-refractivity contribution in [3.05, 3.63) is 64.4 Å². The molecule has 7 nitrogen and oxygen atoms in total. The highest BCUT2D eigenvalue weighted by Crippen LogP contribution is 2.25. The molecule has 0 aliphatic rings. The maximum atomic E-state index is 13.0. The zero-order valence-electron chi connectivity index (χ0n) is 21.2. The minimum Gasteiger partial charge on any atom is -0.492 e. The monoisotopic (exact) mass is 597 g/mol. The van der Waals surface area contributed by atoms with Crippen molar-refractivity contribution >= 4 is 55.4 Å². The van der Waals surface area contributed by atoms with E-state index in [1.54, 1.807) is 36.7 Å². The fraction of sp³-hybridized carbons (Fsp3) is 0.385. The molecule has 0 saturated carbocycles. The van der Waals surface area contributed by atoms with E-state index in [-0.39, 0.29) is 13.2 Å². The van der Waals surface area contributed by atoms with E-state index in [4.69, 9.17) is 21.1 Å². The number of hydrogen-bond donors (Lipinski definition) is 1. The molecule has 1 heterocycles. The first-order valence-corrected chi connectivity index (χ1v) is 14.0. The van der Waals surface area contributed by atoms with Gasteiger partial charge in [-0.05, 0) is 63.2 Å². The van der Waals surface area contributed by atoms with Crippen LogP contribution in [0, 0.1) is 0 Å². The summed E-state index contributed by atoms with van der Waals surface area (Å²) in [4.78, 5) is 19.0. The van der Waals surface area contributed by atoms with E-state index in [1.807, 2.05) is 52.8 Å². The summed E-state index contributed by atoms with van der Waals surface area (Å²) in [7, 11) is -1.48. The SMILES string of the molecule is CC.CC(C)(C)OC(=O)N(CCNS(=O)c1cc(Br)cc2cnccc12)CCOc1ccc(Cl)cc1. The zero-order valence-corrected chi connectivity index (χ0v) is 24.4. The Balaban J connectivity index is 0.00000222. The third kappa shape index (κ3) is 9.69. The number of carbonyl (C=O) groups is 1. The maximum absolute atomic E-state index is 13.0. The molecule has 1 amide bonds. The van der Waals surface area contributed by atoms with Crippen LogP contribution >= 0.6 is 27.5 Å². The van der Waals surface area contributed by atoms with E-state index >= 15 is 0 Å². The number of carbonyl (C=O) groups excluding carboxylic acids is 1. The van der Waals surface area contributed by atoms with Gasteiger partial charge in [0.25, 0.3) is 0 Å². The van der Waals surface area contributed by atoms with E-state index in [0.717, 1.165) is 15.2 Å². The van der Waals surface area contributed by atoms with Crippen molar-refractivity contribution in [1.82, 2.24) is 14.6 Å². The topological polar surface area (TPSA) is 80.8 Å². The van der Waals surface area contributed by atoms with Crippen molar-refractivity contribution in [3.8, 4) is 5.75 Å². The molecule has 0 radical (unpaired) electrons. The molecular weight excluding hydrogens is 566 g/mol. The average Bonchev–Trinajstić information content (AvgIpc) is 2.83. The van der Waals surface area contributed by atoms with Gasteiger partial charge in [0, 0.05) is 45.8 Å². The van der Waals surface area contributed by atoms with Gasteiger partial charge in [-0.15, -0.1) is 0 Å². The molecule has 0 aliphatic heterocycles. The molecule has 0 bridgehead atoms. The summed E-state index contributed by atoms with van der Waals surface area (Å²) in [5, 5.41) is 2.36. The Labute approximate surface area is 229 Å². The Morgan fingerprint density at radius 1 is 1.14 bits per heavy atom. The van der Waals surface area contributed by atoms with Gasteiger partial charge in [-0.3, -0.25) is 4.98 Å². The summed E-state index contributed by atoms with van der Waals surface area (Å²) in [6.45, 7) is 10.6. The molecule has 0 fully saturated rings. The summed E-state index contributed by atoms with van der Waals surface area (Å²) < 4.78 is 28.1. The number of fused-ring (bicyclic) bond motifs is 1. The largest absolute Gasteiger partial charge is 0.492 e. The molecule has 1 unspecified atom stereocenters. The van der Waals surface area contributed by atoms with Gasteiger partial charge in [-0.25, -0.2) is 13.7 Å². The van der Waals surface area contributed by atoms with Crippen molar-refractivity contribution in [2.24, 2.45) is 0 Å². The summed E-state index contributed by atoms with van der Waals surface area (Å²) >= 11 is 9.37. The molecule has 0 saturated heterocycles. The van der Waals surface area contributed by atoms with Gasteiger partial charge in [0.15, 0.2) is 0 Å². The number of nitrogens with zero attached hydrogens (tertiary/aromatic N) is 2. The van der Waals surface area contributed by atoms with E-state index < -0.39 is 22.7 Å². The predicted octanol–water partition coefficient (Wildman–Crippen LogP) is 6.61. The predicted molar refractivity (Wildman–Crippen MR) is 150 cm³/mol. The van der Waals surface area contributed by atoms with Gasteiger partial charge in [0.05, 0.1) is 11.4 Å². The fourth-order valence-electron chi connectivity index (χ4n) is 3.07. The van der Waals surface area contributed by atoms with Gasteiger partial charge in [0.1, 0.15) is 28.9 Å². The summed E-state index contributed by atoms with van der Waals surface area (Å²) in [6.07, 6.45) is 2.94. The second-order valence-electron chi connectivity index (χ2n) is 8.43. The van der Waals surface area contributed by atoms with Crippen LogP contribution < -0.4 is 9.46 Å². The molecule has 2 aromatic carbocycles.